The van der Waals surface area contributed by atoms with E-state index in [0.29, 0.717) is 18.8 Å². The number of aromatic hydroxyl groups is 1. The standard InChI is InChI=1S/C13H18N2O2/c1-9-2-3-12(16)11(6-9)8-15-5-4-10(7-15)13(14)17/h2-3,6,10,16H,4-5,7-8H2,1H3,(H2,14,17). The van der Waals surface area contributed by atoms with E-state index >= 15 is 0 Å². The Morgan fingerprint density at radius 2 is 2.35 bits per heavy atom. The fourth-order valence-electron chi connectivity index (χ4n) is 2.29. The highest BCUT2D eigenvalue weighted by Crippen LogP contribution is 2.23. The van der Waals surface area contributed by atoms with Crippen molar-refractivity contribution < 1.29 is 9.90 Å². The summed E-state index contributed by atoms with van der Waals surface area (Å²) in [5, 5.41) is 9.75. The van der Waals surface area contributed by atoms with Gasteiger partial charge in [-0.3, -0.25) is 9.69 Å². The van der Waals surface area contributed by atoms with Crippen molar-refractivity contribution in [3.63, 3.8) is 0 Å². The van der Waals surface area contributed by atoms with Crippen LogP contribution in [0.2, 0.25) is 0 Å². The molecule has 1 unspecified atom stereocenters. The van der Waals surface area contributed by atoms with Gasteiger partial charge in [0.2, 0.25) is 5.91 Å². The van der Waals surface area contributed by atoms with Crippen LogP contribution in [0.3, 0.4) is 0 Å². The quantitative estimate of drug-likeness (QED) is 0.820. The summed E-state index contributed by atoms with van der Waals surface area (Å²) in [7, 11) is 0. The zero-order valence-corrected chi connectivity index (χ0v) is 10.0. The van der Waals surface area contributed by atoms with E-state index in [4.69, 9.17) is 5.73 Å². The molecule has 0 aliphatic carbocycles. The molecule has 0 radical (unpaired) electrons. The summed E-state index contributed by atoms with van der Waals surface area (Å²) in [5.41, 5.74) is 7.33. The van der Waals surface area contributed by atoms with E-state index < -0.39 is 0 Å². The van der Waals surface area contributed by atoms with Crippen molar-refractivity contribution >= 4 is 5.91 Å². The van der Waals surface area contributed by atoms with Crippen molar-refractivity contribution in [3.05, 3.63) is 29.3 Å². The molecule has 1 aliphatic rings. The van der Waals surface area contributed by atoms with Crippen molar-refractivity contribution in [2.45, 2.75) is 19.9 Å². The minimum absolute atomic E-state index is 0.0399. The van der Waals surface area contributed by atoms with E-state index in [0.717, 1.165) is 24.1 Å². The van der Waals surface area contributed by atoms with Gasteiger partial charge in [0.25, 0.3) is 0 Å². The SMILES string of the molecule is Cc1ccc(O)c(CN2CCC(C(N)=O)C2)c1. The van der Waals surface area contributed by atoms with Gasteiger partial charge in [-0.25, -0.2) is 0 Å². The van der Waals surface area contributed by atoms with Gasteiger partial charge in [0.15, 0.2) is 0 Å². The molecule has 1 amide bonds. The number of benzene rings is 1. The molecular formula is C13H18N2O2. The van der Waals surface area contributed by atoms with Crippen LogP contribution in [0.5, 0.6) is 5.75 Å². The van der Waals surface area contributed by atoms with Crippen molar-refractivity contribution in [2.24, 2.45) is 11.7 Å². The molecule has 0 saturated carbocycles. The first-order valence-corrected chi connectivity index (χ1v) is 5.86. The lowest BCUT2D eigenvalue weighted by molar-refractivity contribution is -0.121. The van der Waals surface area contributed by atoms with Gasteiger partial charge in [-0.1, -0.05) is 17.7 Å². The molecule has 0 spiro atoms. The van der Waals surface area contributed by atoms with Crippen LogP contribution in [0, 0.1) is 12.8 Å². The summed E-state index contributed by atoms with van der Waals surface area (Å²) in [6, 6.07) is 5.58. The van der Waals surface area contributed by atoms with Crippen LogP contribution in [-0.4, -0.2) is 29.0 Å². The fourth-order valence-corrected chi connectivity index (χ4v) is 2.29. The predicted octanol–water partition coefficient (Wildman–Crippen LogP) is 1.01. The fraction of sp³-hybridized carbons (Fsp3) is 0.462. The van der Waals surface area contributed by atoms with Crippen molar-refractivity contribution in [3.8, 4) is 5.75 Å². The third-order valence-electron chi connectivity index (χ3n) is 3.30. The average Bonchev–Trinajstić information content (AvgIpc) is 2.72. The Labute approximate surface area is 101 Å². The van der Waals surface area contributed by atoms with Crippen LogP contribution in [0.25, 0.3) is 0 Å². The Morgan fingerprint density at radius 1 is 1.59 bits per heavy atom. The summed E-state index contributed by atoms with van der Waals surface area (Å²) >= 11 is 0. The highest BCUT2D eigenvalue weighted by Gasteiger charge is 2.26. The molecule has 1 atom stereocenters. The topological polar surface area (TPSA) is 66.6 Å². The average molecular weight is 234 g/mol. The number of likely N-dealkylation sites (tertiary alicyclic amines) is 1. The first-order valence-electron chi connectivity index (χ1n) is 5.86. The number of rotatable bonds is 3. The smallest absolute Gasteiger partial charge is 0.221 e. The molecule has 1 saturated heterocycles. The lowest BCUT2D eigenvalue weighted by Gasteiger charge is -2.16. The first kappa shape index (κ1) is 11.9. The summed E-state index contributed by atoms with van der Waals surface area (Å²) in [6.45, 7) is 4.24. The molecule has 17 heavy (non-hydrogen) atoms. The Kier molecular flexibility index (Phi) is 3.33. The third-order valence-corrected chi connectivity index (χ3v) is 3.30. The maximum atomic E-state index is 11.1. The van der Waals surface area contributed by atoms with Gasteiger partial charge in [0.05, 0.1) is 5.92 Å². The molecule has 4 heteroatoms. The molecule has 1 fully saturated rings. The van der Waals surface area contributed by atoms with Gasteiger partial charge >= 0.3 is 0 Å². The Bertz CT molecular complexity index is 431. The zero-order chi connectivity index (χ0) is 12.4. The number of carbonyl (C=O) groups is 1. The molecule has 1 aromatic carbocycles. The number of hydrogen-bond donors (Lipinski definition) is 2. The number of carbonyl (C=O) groups excluding carboxylic acids is 1. The van der Waals surface area contributed by atoms with Gasteiger partial charge in [0, 0.05) is 18.7 Å². The summed E-state index contributed by atoms with van der Waals surface area (Å²) in [5.74, 6) is 0.0565. The van der Waals surface area contributed by atoms with Gasteiger partial charge in [-0.15, -0.1) is 0 Å². The van der Waals surface area contributed by atoms with E-state index in [1.165, 1.54) is 0 Å². The molecular weight excluding hydrogens is 216 g/mol. The summed E-state index contributed by atoms with van der Waals surface area (Å²) in [6.07, 6.45) is 0.821. The maximum Gasteiger partial charge on any atom is 0.221 e. The molecule has 4 nitrogen and oxygen atoms in total. The first-order chi connectivity index (χ1) is 8.06. The highest BCUT2D eigenvalue weighted by molar-refractivity contribution is 5.77. The molecule has 92 valence electrons. The van der Waals surface area contributed by atoms with Gasteiger partial charge in [-0.05, 0) is 26.0 Å². The van der Waals surface area contributed by atoms with E-state index in [2.05, 4.69) is 4.90 Å². The van der Waals surface area contributed by atoms with Gasteiger partial charge < -0.3 is 10.8 Å². The molecule has 2 rings (SSSR count). The normalized spacial score (nSPS) is 20.6. The van der Waals surface area contributed by atoms with E-state index in [9.17, 15) is 9.90 Å². The number of phenols is 1. The second-order valence-corrected chi connectivity index (χ2v) is 4.76. The van der Waals surface area contributed by atoms with E-state index in [-0.39, 0.29) is 11.8 Å². The van der Waals surface area contributed by atoms with Crippen LogP contribution in [0.15, 0.2) is 18.2 Å². The van der Waals surface area contributed by atoms with E-state index in [1.54, 1.807) is 6.07 Å². The van der Waals surface area contributed by atoms with Crippen LogP contribution >= 0.6 is 0 Å². The van der Waals surface area contributed by atoms with Crippen molar-refractivity contribution in [1.82, 2.24) is 4.90 Å². The summed E-state index contributed by atoms with van der Waals surface area (Å²) in [4.78, 5) is 13.2. The van der Waals surface area contributed by atoms with Crippen molar-refractivity contribution in [2.75, 3.05) is 13.1 Å². The van der Waals surface area contributed by atoms with Crippen LogP contribution < -0.4 is 5.73 Å². The van der Waals surface area contributed by atoms with E-state index in [1.807, 2.05) is 19.1 Å². The predicted molar refractivity (Wildman–Crippen MR) is 65.4 cm³/mol. The second kappa shape index (κ2) is 4.75. The molecule has 0 aromatic heterocycles. The Hall–Kier alpha value is -1.55. The Morgan fingerprint density at radius 3 is 3.00 bits per heavy atom. The number of phenolic OH excluding ortho intramolecular Hbond substituents is 1. The number of primary amides is 1. The van der Waals surface area contributed by atoms with Crippen LogP contribution in [0.4, 0.5) is 0 Å². The van der Waals surface area contributed by atoms with Gasteiger partial charge in [0.1, 0.15) is 5.75 Å². The lowest BCUT2D eigenvalue weighted by Crippen LogP contribution is -2.27. The number of aryl methyl sites for hydroxylation is 1. The number of amides is 1. The van der Waals surface area contributed by atoms with Crippen LogP contribution in [0.1, 0.15) is 17.5 Å². The van der Waals surface area contributed by atoms with Crippen LogP contribution in [-0.2, 0) is 11.3 Å². The second-order valence-electron chi connectivity index (χ2n) is 4.76. The monoisotopic (exact) mass is 234 g/mol. The molecule has 1 aliphatic heterocycles. The highest BCUT2D eigenvalue weighted by atomic mass is 16.3. The Balaban J connectivity index is 2.02. The van der Waals surface area contributed by atoms with Gasteiger partial charge in [-0.2, -0.15) is 0 Å². The number of hydrogen-bond acceptors (Lipinski definition) is 3. The molecule has 3 N–H and O–H groups in total. The zero-order valence-electron chi connectivity index (χ0n) is 10.0. The number of nitrogens with two attached hydrogens (primary N) is 1. The minimum atomic E-state index is -0.221. The number of nitrogens with zero attached hydrogens (tertiary/aromatic N) is 1. The maximum absolute atomic E-state index is 11.1. The summed E-state index contributed by atoms with van der Waals surface area (Å²) < 4.78 is 0. The lowest BCUT2D eigenvalue weighted by atomic mass is 10.1. The van der Waals surface area contributed by atoms with Crippen molar-refractivity contribution in [1.29, 1.82) is 0 Å². The molecule has 1 aromatic rings. The largest absolute Gasteiger partial charge is 0.508 e. The molecule has 1 heterocycles. The molecule has 0 bridgehead atoms. The minimum Gasteiger partial charge on any atom is -0.508 e. The third kappa shape index (κ3) is 2.77.